The van der Waals surface area contributed by atoms with Crippen LogP contribution in [0, 0.1) is 10.1 Å². The molecule has 8 nitrogen and oxygen atoms in total. The van der Waals surface area contributed by atoms with E-state index in [1.807, 2.05) is 0 Å². The summed E-state index contributed by atoms with van der Waals surface area (Å²) in [7, 11) is 0. The minimum absolute atomic E-state index is 0.120. The standard InChI is InChI=1S/C21H14ClN3O5/c22-17-8-4-15(5-9-17)20(26)24-23-13-14-2-1-3-19(12-14)30-21(27)16-6-10-18(11-7-16)25(28)29/h1-13H,(H,24,26)/b23-13+. The van der Waals surface area contributed by atoms with Crippen LogP contribution in [0.25, 0.3) is 0 Å². The zero-order valence-electron chi connectivity index (χ0n) is 15.3. The van der Waals surface area contributed by atoms with Crippen LogP contribution in [-0.4, -0.2) is 23.0 Å². The van der Waals surface area contributed by atoms with Crippen molar-refractivity contribution in [3.63, 3.8) is 0 Å². The number of hydrogen-bond acceptors (Lipinski definition) is 6. The minimum atomic E-state index is -0.657. The van der Waals surface area contributed by atoms with Gasteiger partial charge in [-0.2, -0.15) is 5.10 Å². The average Bonchev–Trinajstić information content (AvgIpc) is 2.74. The topological polar surface area (TPSA) is 111 Å². The van der Waals surface area contributed by atoms with Crippen LogP contribution in [0.3, 0.4) is 0 Å². The third-order valence-electron chi connectivity index (χ3n) is 3.87. The summed E-state index contributed by atoms with van der Waals surface area (Å²) in [6.07, 6.45) is 1.40. The van der Waals surface area contributed by atoms with Crippen LogP contribution < -0.4 is 10.2 Å². The summed E-state index contributed by atoms with van der Waals surface area (Å²) in [5, 5.41) is 15.1. The lowest BCUT2D eigenvalue weighted by Crippen LogP contribution is -2.17. The van der Waals surface area contributed by atoms with Gasteiger partial charge in [-0.15, -0.1) is 0 Å². The van der Waals surface area contributed by atoms with Gasteiger partial charge in [-0.1, -0.05) is 23.7 Å². The van der Waals surface area contributed by atoms with Crippen LogP contribution in [-0.2, 0) is 0 Å². The number of amides is 1. The quantitative estimate of drug-likeness (QED) is 0.210. The number of benzene rings is 3. The van der Waals surface area contributed by atoms with Crippen molar-refractivity contribution in [3.8, 4) is 5.75 Å². The highest BCUT2D eigenvalue weighted by atomic mass is 35.5. The molecule has 1 N–H and O–H groups in total. The summed E-state index contributed by atoms with van der Waals surface area (Å²) in [5.41, 5.74) is 3.44. The number of nitro groups is 1. The molecule has 0 saturated carbocycles. The third kappa shape index (κ3) is 5.49. The van der Waals surface area contributed by atoms with E-state index in [2.05, 4.69) is 10.5 Å². The van der Waals surface area contributed by atoms with Crippen molar-refractivity contribution in [2.45, 2.75) is 0 Å². The normalized spacial score (nSPS) is 10.6. The Kier molecular flexibility index (Phi) is 6.51. The van der Waals surface area contributed by atoms with Crippen molar-refractivity contribution in [1.29, 1.82) is 0 Å². The third-order valence-corrected chi connectivity index (χ3v) is 4.12. The number of nitrogens with zero attached hydrogens (tertiary/aromatic N) is 2. The predicted molar refractivity (Wildman–Crippen MR) is 111 cm³/mol. The average molecular weight is 424 g/mol. The summed E-state index contributed by atoms with van der Waals surface area (Å²) in [5.74, 6) is -0.801. The van der Waals surface area contributed by atoms with E-state index in [1.165, 1.54) is 30.5 Å². The van der Waals surface area contributed by atoms with E-state index >= 15 is 0 Å². The van der Waals surface area contributed by atoms with Crippen molar-refractivity contribution < 1.29 is 19.2 Å². The fourth-order valence-electron chi connectivity index (χ4n) is 2.37. The van der Waals surface area contributed by atoms with Gasteiger partial charge >= 0.3 is 5.97 Å². The number of hydrazone groups is 1. The smallest absolute Gasteiger partial charge is 0.343 e. The highest BCUT2D eigenvalue weighted by molar-refractivity contribution is 6.30. The molecule has 0 aliphatic carbocycles. The summed E-state index contributed by atoms with van der Waals surface area (Å²) in [4.78, 5) is 34.3. The molecule has 0 atom stereocenters. The summed E-state index contributed by atoms with van der Waals surface area (Å²) >= 11 is 5.79. The van der Waals surface area contributed by atoms with Gasteiger partial charge in [0.1, 0.15) is 5.75 Å². The van der Waals surface area contributed by atoms with Crippen molar-refractivity contribution in [3.05, 3.63) is 105 Å². The van der Waals surface area contributed by atoms with Gasteiger partial charge in [-0.3, -0.25) is 14.9 Å². The second kappa shape index (κ2) is 9.44. The highest BCUT2D eigenvalue weighted by Crippen LogP contribution is 2.17. The number of rotatable bonds is 6. The van der Waals surface area contributed by atoms with Gasteiger partial charge in [0.2, 0.25) is 0 Å². The number of carbonyl (C=O) groups excluding carboxylic acids is 2. The summed E-state index contributed by atoms with van der Waals surface area (Å²) in [6.45, 7) is 0. The Labute approximate surface area is 175 Å². The molecule has 0 heterocycles. The van der Waals surface area contributed by atoms with Crippen LogP contribution in [0.15, 0.2) is 77.9 Å². The number of halogens is 1. The van der Waals surface area contributed by atoms with Crippen molar-refractivity contribution >= 4 is 35.4 Å². The number of nitrogens with one attached hydrogen (secondary N) is 1. The molecule has 0 radical (unpaired) electrons. The Bertz CT molecular complexity index is 1110. The molecule has 0 bridgehead atoms. The Morgan fingerprint density at radius 1 is 1.00 bits per heavy atom. The molecule has 0 saturated heterocycles. The second-order valence-electron chi connectivity index (χ2n) is 5.97. The fraction of sp³-hybridized carbons (Fsp3) is 0. The predicted octanol–water partition coefficient (Wildman–Crippen LogP) is 4.23. The Morgan fingerprint density at radius 3 is 2.33 bits per heavy atom. The zero-order chi connectivity index (χ0) is 21.5. The van der Waals surface area contributed by atoms with Crippen LogP contribution in [0.1, 0.15) is 26.3 Å². The number of esters is 1. The number of carbonyl (C=O) groups is 2. The van der Waals surface area contributed by atoms with Crippen LogP contribution in [0.5, 0.6) is 5.75 Å². The van der Waals surface area contributed by atoms with Crippen molar-refractivity contribution in [2.24, 2.45) is 5.10 Å². The van der Waals surface area contributed by atoms with Gasteiger partial charge in [0.05, 0.1) is 16.7 Å². The summed E-state index contributed by atoms with van der Waals surface area (Å²) < 4.78 is 5.28. The molecule has 30 heavy (non-hydrogen) atoms. The first kappa shape index (κ1) is 20.7. The first-order valence-corrected chi connectivity index (χ1v) is 8.96. The maximum Gasteiger partial charge on any atom is 0.343 e. The number of nitro benzene ring substituents is 1. The van der Waals surface area contributed by atoms with Crippen LogP contribution in [0.4, 0.5) is 5.69 Å². The molecule has 3 aromatic rings. The summed E-state index contributed by atoms with van der Waals surface area (Å²) in [6, 6.07) is 17.9. The van der Waals surface area contributed by atoms with Crippen LogP contribution >= 0.6 is 11.6 Å². The van der Waals surface area contributed by atoms with Gasteiger partial charge in [0.25, 0.3) is 11.6 Å². The molecule has 0 unspecified atom stereocenters. The van der Waals surface area contributed by atoms with Gasteiger partial charge in [-0.05, 0) is 54.1 Å². The van der Waals surface area contributed by atoms with Gasteiger partial charge in [0, 0.05) is 22.7 Å². The van der Waals surface area contributed by atoms with Crippen LogP contribution in [0.2, 0.25) is 5.02 Å². The van der Waals surface area contributed by atoms with Gasteiger partial charge < -0.3 is 4.74 Å². The molecular weight excluding hydrogens is 410 g/mol. The lowest BCUT2D eigenvalue weighted by atomic mass is 10.2. The molecule has 3 rings (SSSR count). The monoisotopic (exact) mass is 423 g/mol. The molecule has 0 aromatic heterocycles. The van der Waals surface area contributed by atoms with E-state index in [0.717, 1.165) is 0 Å². The van der Waals surface area contributed by atoms with E-state index in [9.17, 15) is 19.7 Å². The van der Waals surface area contributed by atoms with Gasteiger partial charge in [0.15, 0.2) is 0 Å². The molecule has 1 amide bonds. The number of non-ortho nitro benzene ring substituents is 1. The lowest BCUT2D eigenvalue weighted by Gasteiger charge is -2.05. The zero-order valence-corrected chi connectivity index (χ0v) is 16.1. The minimum Gasteiger partial charge on any atom is -0.423 e. The molecule has 9 heteroatoms. The van der Waals surface area contributed by atoms with Gasteiger partial charge in [-0.25, -0.2) is 10.2 Å². The Morgan fingerprint density at radius 2 is 1.67 bits per heavy atom. The van der Waals surface area contributed by atoms with E-state index in [4.69, 9.17) is 16.3 Å². The molecule has 0 fully saturated rings. The molecule has 150 valence electrons. The first-order chi connectivity index (χ1) is 14.4. The second-order valence-corrected chi connectivity index (χ2v) is 6.41. The highest BCUT2D eigenvalue weighted by Gasteiger charge is 2.11. The van der Waals surface area contributed by atoms with E-state index in [0.29, 0.717) is 16.1 Å². The number of ether oxygens (including phenoxy) is 1. The molecule has 0 aliphatic rings. The van der Waals surface area contributed by atoms with E-state index in [-0.39, 0.29) is 17.0 Å². The van der Waals surface area contributed by atoms with Crippen molar-refractivity contribution in [1.82, 2.24) is 5.43 Å². The first-order valence-electron chi connectivity index (χ1n) is 8.58. The molecule has 0 aliphatic heterocycles. The molecule has 3 aromatic carbocycles. The Balaban J connectivity index is 1.61. The number of hydrogen-bond donors (Lipinski definition) is 1. The van der Waals surface area contributed by atoms with Crippen molar-refractivity contribution in [2.75, 3.05) is 0 Å². The maximum absolute atomic E-state index is 12.2. The fourth-order valence-corrected chi connectivity index (χ4v) is 2.50. The molecule has 0 spiro atoms. The van der Waals surface area contributed by atoms with E-state index in [1.54, 1.807) is 48.5 Å². The largest absolute Gasteiger partial charge is 0.423 e. The maximum atomic E-state index is 12.2. The Hall–Kier alpha value is -4.04. The SMILES string of the molecule is O=C(N/N=C/c1cccc(OC(=O)c2ccc([N+](=O)[O-])cc2)c1)c1ccc(Cl)cc1. The van der Waals surface area contributed by atoms with E-state index < -0.39 is 16.8 Å². The molecular formula is C21H14ClN3O5. The lowest BCUT2D eigenvalue weighted by molar-refractivity contribution is -0.384.